The van der Waals surface area contributed by atoms with E-state index in [2.05, 4.69) is 11.5 Å². The van der Waals surface area contributed by atoms with E-state index in [1.807, 2.05) is 31.9 Å². The van der Waals surface area contributed by atoms with Crippen molar-refractivity contribution in [2.75, 3.05) is 13.1 Å². The highest BCUT2D eigenvalue weighted by molar-refractivity contribution is 5.68. The molecular weight excluding hydrogens is 292 g/mol. The molecule has 1 spiro atoms. The molecule has 0 bridgehead atoms. The van der Waals surface area contributed by atoms with Crippen LogP contribution in [0.5, 0.6) is 0 Å². The van der Waals surface area contributed by atoms with Crippen LogP contribution >= 0.6 is 0 Å². The Morgan fingerprint density at radius 2 is 1.96 bits per heavy atom. The summed E-state index contributed by atoms with van der Waals surface area (Å²) in [5.74, 6) is 0.345. The van der Waals surface area contributed by atoms with E-state index < -0.39 is 5.60 Å². The maximum absolute atomic E-state index is 12.2. The van der Waals surface area contributed by atoms with Gasteiger partial charge in [0.2, 0.25) is 0 Å². The average molecular weight is 318 g/mol. The molecule has 3 heterocycles. The summed E-state index contributed by atoms with van der Waals surface area (Å²) in [5.41, 5.74) is 0.901. The van der Waals surface area contributed by atoms with Crippen LogP contribution in [0.25, 0.3) is 0 Å². The van der Waals surface area contributed by atoms with E-state index in [-0.39, 0.29) is 16.9 Å². The molecule has 1 amide bonds. The van der Waals surface area contributed by atoms with E-state index in [9.17, 15) is 9.59 Å². The Kier molecular flexibility index (Phi) is 3.77. The van der Waals surface area contributed by atoms with Gasteiger partial charge in [-0.2, -0.15) is 0 Å². The van der Waals surface area contributed by atoms with Crippen LogP contribution in [0.1, 0.15) is 52.1 Å². The molecule has 1 saturated heterocycles. The molecule has 1 atom stereocenters. The number of pyridine rings is 1. The third kappa shape index (κ3) is 3.01. The topological polar surface area (TPSA) is 51.5 Å². The summed E-state index contributed by atoms with van der Waals surface area (Å²) < 4.78 is 7.68. The van der Waals surface area contributed by atoms with Crippen molar-refractivity contribution >= 4 is 6.09 Å². The number of ether oxygens (including phenoxy) is 1. The molecular formula is C18H26N2O3. The quantitative estimate of drug-likeness (QED) is 0.739. The highest BCUT2D eigenvalue weighted by Gasteiger charge is 2.46. The lowest BCUT2D eigenvalue weighted by Gasteiger charge is -2.41. The van der Waals surface area contributed by atoms with Gasteiger partial charge >= 0.3 is 6.09 Å². The summed E-state index contributed by atoms with van der Waals surface area (Å²) in [5, 5.41) is 0. The summed E-state index contributed by atoms with van der Waals surface area (Å²) >= 11 is 0. The molecule has 23 heavy (non-hydrogen) atoms. The van der Waals surface area contributed by atoms with Gasteiger partial charge in [0.25, 0.3) is 0 Å². The molecule has 2 aliphatic rings. The second-order valence-electron chi connectivity index (χ2n) is 7.97. The molecule has 1 aromatic heterocycles. The Morgan fingerprint density at radius 3 is 2.57 bits per heavy atom. The Balaban J connectivity index is 1.70. The molecule has 0 radical (unpaired) electrons. The van der Waals surface area contributed by atoms with E-state index in [4.69, 9.17) is 4.74 Å². The van der Waals surface area contributed by atoms with Crippen molar-refractivity contribution in [3.05, 3.63) is 34.2 Å². The van der Waals surface area contributed by atoms with Gasteiger partial charge in [-0.15, -0.1) is 0 Å². The maximum atomic E-state index is 12.2. The molecule has 3 rings (SSSR count). The van der Waals surface area contributed by atoms with E-state index in [0.717, 1.165) is 38.2 Å². The number of fused-ring (bicyclic) bond motifs is 1. The van der Waals surface area contributed by atoms with Gasteiger partial charge in [0.05, 0.1) is 0 Å². The van der Waals surface area contributed by atoms with E-state index in [0.29, 0.717) is 5.92 Å². The van der Waals surface area contributed by atoms with Gasteiger partial charge in [-0.1, -0.05) is 6.92 Å². The summed E-state index contributed by atoms with van der Waals surface area (Å²) in [6, 6.07) is 3.39. The van der Waals surface area contributed by atoms with Gasteiger partial charge in [-0.05, 0) is 39.0 Å². The fourth-order valence-corrected chi connectivity index (χ4v) is 3.89. The van der Waals surface area contributed by atoms with Crippen molar-refractivity contribution in [1.29, 1.82) is 0 Å². The minimum atomic E-state index is -0.455. The maximum Gasteiger partial charge on any atom is 0.410 e. The SMILES string of the molecule is CC1c2cc(=O)ccn2CC12CCN(C(=O)OC(C)(C)C)CC2. The van der Waals surface area contributed by atoms with Crippen molar-refractivity contribution in [3.63, 3.8) is 0 Å². The number of piperidine rings is 1. The zero-order chi connectivity index (χ0) is 16.8. The number of carbonyl (C=O) groups is 1. The van der Waals surface area contributed by atoms with Crippen LogP contribution in [0.4, 0.5) is 4.79 Å². The Bertz CT molecular complexity index is 664. The van der Waals surface area contributed by atoms with Crippen molar-refractivity contribution in [2.45, 2.75) is 58.6 Å². The third-order valence-electron chi connectivity index (χ3n) is 5.30. The number of hydrogen-bond donors (Lipinski definition) is 0. The first-order chi connectivity index (χ1) is 10.7. The number of amides is 1. The fourth-order valence-electron chi connectivity index (χ4n) is 3.89. The molecule has 5 heteroatoms. The molecule has 0 aliphatic carbocycles. The predicted molar refractivity (Wildman–Crippen MR) is 88.6 cm³/mol. The first-order valence-electron chi connectivity index (χ1n) is 8.39. The zero-order valence-corrected chi connectivity index (χ0v) is 14.5. The lowest BCUT2D eigenvalue weighted by molar-refractivity contribution is 0.00732. The van der Waals surface area contributed by atoms with Crippen LogP contribution in [0.15, 0.2) is 23.1 Å². The molecule has 0 aromatic carbocycles. The van der Waals surface area contributed by atoms with Crippen LogP contribution in [-0.2, 0) is 11.3 Å². The molecule has 0 N–H and O–H groups in total. The summed E-state index contributed by atoms with van der Waals surface area (Å²) in [4.78, 5) is 25.7. The standard InChI is InChI=1S/C18H26N2O3/c1-13-15-11-14(21)5-8-20(15)12-18(13)6-9-19(10-7-18)16(22)23-17(2,3)4/h5,8,11,13H,6-7,9-10,12H2,1-4H3. The number of aromatic nitrogens is 1. The highest BCUT2D eigenvalue weighted by atomic mass is 16.6. The van der Waals surface area contributed by atoms with Crippen molar-refractivity contribution < 1.29 is 9.53 Å². The van der Waals surface area contributed by atoms with Crippen molar-refractivity contribution in [3.8, 4) is 0 Å². The van der Waals surface area contributed by atoms with E-state index in [1.54, 1.807) is 12.1 Å². The van der Waals surface area contributed by atoms with Crippen molar-refractivity contribution in [2.24, 2.45) is 5.41 Å². The number of rotatable bonds is 0. The minimum Gasteiger partial charge on any atom is -0.444 e. The Labute approximate surface area is 137 Å². The average Bonchev–Trinajstić information content (AvgIpc) is 2.71. The second kappa shape index (κ2) is 5.39. The number of carbonyl (C=O) groups excluding carboxylic acids is 1. The van der Waals surface area contributed by atoms with E-state index in [1.165, 1.54) is 0 Å². The molecule has 1 fully saturated rings. The van der Waals surface area contributed by atoms with Crippen LogP contribution in [-0.4, -0.2) is 34.3 Å². The first-order valence-corrected chi connectivity index (χ1v) is 8.39. The van der Waals surface area contributed by atoms with Crippen LogP contribution < -0.4 is 5.43 Å². The number of likely N-dealkylation sites (tertiary alicyclic amines) is 1. The van der Waals surface area contributed by atoms with Crippen LogP contribution in [0.2, 0.25) is 0 Å². The largest absolute Gasteiger partial charge is 0.444 e. The van der Waals surface area contributed by atoms with Gasteiger partial charge in [0.15, 0.2) is 5.43 Å². The zero-order valence-electron chi connectivity index (χ0n) is 14.5. The van der Waals surface area contributed by atoms with Gasteiger partial charge < -0.3 is 14.2 Å². The van der Waals surface area contributed by atoms with Gasteiger partial charge in [-0.25, -0.2) is 4.79 Å². The summed E-state index contributed by atoms with van der Waals surface area (Å²) in [7, 11) is 0. The summed E-state index contributed by atoms with van der Waals surface area (Å²) in [6.45, 7) is 10.3. The highest BCUT2D eigenvalue weighted by Crippen LogP contribution is 2.49. The second-order valence-corrected chi connectivity index (χ2v) is 7.97. The number of hydrogen-bond acceptors (Lipinski definition) is 3. The van der Waals surface area contributed by atoms with Gasteiger partial charge in [-0.3, -0.25) is 4.79 Å². The first kappa shape index (κ1) is 16.1. The van der Waals surface area contributed by atoms with E-state index >= 15 is 0 Å². The number of nitrogens with zero attached hydrogens (tertiary/aromatic N) is 2. The molecule has 5 nitrogen and oxygen atoms in total. The smallest absolute Gasteiger partial charge is 0.410 e. The lowest BCUT2D eigenvalue weighted by Crippen LogP contribution is -2.46. The fraction of sp³-hybridized carbons (Fsp3) is 0.667. The molecule has 2 aliphatic heterocycles. The van der Waals surface area contributed by atoms with Gasteiger partial charge in [0, 0.05) is 49.6 Å². The third-order valence-corrected chi connectivity index (χ3v) is 5.30. The molecule has 1 aromatic rings. The molecule has 0 saturated carbocycles. The Hall–Kier alpha value is -1.78. The van der Waals surface area contributed by atoms with Crippen molar-refractivity contribution in [1.82, 2.24) is 9.47 Å². The lowest BCUT2D eigenvalue weighted by atomic mass is 9.70. The predicted octanol–water partition coefficient (Wildman–Crippen LogP) is 2.98. The van der Waals surface area contributed by atoms with Crippen LogP contribution in [0, 0.1) is 5.41 Å². The summed E-state index contributed by atoms with van der Waals surface area (Å²) in [6.07, 6.45) is 3.58. The molecule has 1 unspecified atom stereocenters. The van der Waals surface area contributed by atoms with Crippen LogP contribution in [0.3, 0.4) is 0 Å². The molecule has 126 valence electrons. The van der Waals surface area contributed by atoms with Gasteiger partial charge in [0.1, 0.15) is 5.60 Å². The normalized spacial score (nSPS) is 23.0. The Morgan fingerprint density at radius 1 is 1.30 bits per heavy atom. The minimum absolute atomic E-state index is 0.0753. The monoisotopic (exact) mass is 318 g/mol.